The molecule has 0 radical (unpaired) electrons. The van der Waals surface area contributed by atoms with Crippen LogP contribution < -0.4 is 0 Å². The molecule has 0 aliphatic carbocycles. The van der Waals surface area contributed by atoms with E-state index in [-0.39, 0.29) is 0 Å². The van der Waals surface area contributed by atoms with E-state index in [2.05, 4.69) is 42.9 Å². The fraction of sp³-hybridized carbons (Fsp3) is 0.125. The van der Waals surface area contributed by atoms with E-state index >= 15 is 0 Å². The number of allylic oxidation sites excluding steroid dienone is 1. The Morgan fingerprint density at radius 1 is 1.54 bits per heavy atom. The van der Waals surface area contributed by atoms with Crippen LogP contribution in [0.1, 0.15) is 5.56 Å². The van der Waals surface area contributed by atoms with Crippen LogP contribution in [-0.2, 0) is 0 Å². The fourth-order valence-corrected chi connectivity index (χ4v) is 1.33. The van der Waals surface area contributed by atoms with Gasteiger partial charge in [-0.15, -0.1) is 5.10 Å². The summed E-state index contributed by atoms with van der Waals surface area (Å²) in [5.74, 6) is 0. The highest BCUT2D eigenvalue weighted by Crippen LogP contribution is 2.16. The summed E-state index contributed by atoms with van der Waals surface area (Å²) in [6, 6.07) is 1.91. The first-order valence-electron chi connectivity index (χ1n) is 3.72. The Morgan fingerprint density at radius 2 is 2.38 bits per heavy atom. The molecule has 0 fully saturated rings. The smallest absolute Gasteiger partial charge is 0.201 e. The topological polar surface area (TPSA) is 54.5 Å². The van der Waals surface area contributed by atoms with Crippen LogP contribution in [-0.4, -0.2) is 25.7 Å². The molecule has 0 aliphatic heterocycles. The van der Waals surface area contributed by atoms with Crippen molar-refractivity contribution in [2.24, 2.45) is 0 Å². The minimum absolute atomic E-state index is 0.631. The van der Waals surface area contributed by atoms with Crippen LogP contribution in [0.5, 0.6) is 0 Å². The van der Waals surface area contributed by atoms with Crippen LogP contribution >= 0.6 is 15.9 Å². The van der Waals surface area contributed by atoms with Gasteiger partial charge >= 0.3 is 0 Å². The van der Waals surface area contributed by atoms with E-state index in [0.717, 1.165) is 22.0 Å². The number of pyridine rings is 1. The molecule has 2 heterocycles. The van der Waals surface area contributed by atoms with Crippen molar-refractivity contribution in [1.29, 1.82) is 0 Å². The number of hydrogen-bond acceptors (Lipinski definition) is 3. The van der Waals surface area contributed by atoms with E-state index < -0.39 is 0 Å². The number of H-pyrrole nitrogens is 1. The molecule has 1 N–H and O–H groups in total. The van der Waals surface area contributed by atoms with Crippen molar-refractivity contribution in [2.45, 2.75) is 0 Å². The number of alkyl halides is 1. The van der Waals surface area contributed by atoms with Gasteiger partial charge in [-0.25, -0.2) is 4.98 Å². The minimum Gasteiger partial charge on any atom is -0.233 e. The molecule has 0 aromatic carbocycles. The van der Waals surface area contributed by atoms with Gasteiger partial charge in [-0.1, -0.05) is 22.5 Å². The second-order valence-electron chi connectivity index (χ2n) is 2.63. The lowest BCUT2D eigenvalue weighted by molar-refractivity contribution is 0.954. The Morgan fingerprint density at radius 3 is 3.15 bits per heavy atom. The molecule has 0 aliphatic rings. The van der Waals surface area contributed by atoms with E-state index in [9.17, 15) is 0 Å². The van der Waals surface area contributed by atoms with E-state index in [1.165, 1.54) is 0 Å². The molecule has 0 saturated carbocycles. The van der Waals surface area contributed by atoms with Crippen molar-refractivity contribution in [1.82, 2.24) is 20.4 Å². The number of aromatic nitrogens is 4. The average Bonchev–Trinajstić information content (AvgIpc) is 2.63. The molecule has 0 atom stereocenters. The van der Waals surface area contributed by atoms with Crippen LogP contribution in [0, 0.1) is 0 Å². The van der Waals surface area contributed by atoms with Gasteiger partial charge in [-0.2, -0.15) is 10.3 Å². The summed E-state index contributed by atoms with van der Waals surface area (Å²) in [5, 5.41) is 11.0. The Balaban J connectivity index is 2.54. The third kappa shape index (κ3) is 1.47. The zero-order chi connectivity index (χ0) is 9.26. The number of nitrogens with zero attached hydrogens (tertiary/aromatic N) is 3. The lowest BCUT2D eigenvalue weighted by Crippen LogP contribution is -1.86. The highest BCUT2D eigenvalue weighted by molar-refractivity contribution is 9.09. The second-order valence-corrected chi connectivity index (χ2v) is 3.19. The normalized spacial score (nSPS) is 10.5. The van der Waals surface area contributed by atoms with Gasteiger partial charge in [0.1, 0.15) is 5.52 Å². The lowest BCUT2D eigenvalue weighted by Gasteiger charge is -1.98. The van der Waals surface area contributed by atoms with Crippen molar-refractivity contribution < 1.29 is 0 Å². The van der Waals surface area contributed by atoms with Gasteiger partial charge < -0.3 is 0 Å². The summed E-state index contributed by atoms with van der Waals surface area (Å²) in [6.07, 6.45) is 1.74. The highest BCUT2D eigenvalue weighted by Gasteiger charge is 2.02. The number of aromatic amines is 1. The molecule has 2 aromatic rings. The van der Waals surface area contributed by atoms with Gasteiger partial charge in [0.15, 0.2) is 0 Å². The molecule has 0 bridgehead atoms. The van der Waals surface area contributed by atoms with Crippen LogP contribution in [0.2, 0.25) is 0 Å². The molecule has 5 heteroatoms. The summed E-state index contributed by atoms with van der Waals surface area (Å²) in [4.78, 5) is 4.12. The predicted octanol–water partition coefficient (Wildman–Crippen LogP) is 1.76. The molecular formula is C8H7BrN4. The molecule has 0 amide bonds. The second kappa shape index (κ2) is 3.26. The highest BCUT2D eigenvalue weighted by atomic mass is 79.9. The third-order valence-electron chi connectivity index (χ3n) is 1.74. The lowest BCUT2D eigenvalue weighted by atomic mass is 10.1. The average molecular weight is 239 g/mol. The standard InChI is InChI=1S/C8H7BrN4/c1-5(3-9)6-2-7-8(10-4-6)12-13-11-7/h2,4H,1,3H2,(H,10,11,12,13). The summed E-state index contributed by atoms with van der Waals surface area (Å²) in [7, 11) is 0. The maximum absolute atomic E-state index is 4.12. The Hall–Kier alpha value is -1.23. The van der Waals surface area contributed by atoms with E-state index in [4.69, 9.17) is 0 Å². The maximum atomic E-state index is 4.12. The fourth-order valence-electron chi connectivity index (χ4n) is 1.01. The van der Waals surface area contributed by atoms with Gasteiger partial charge in [0.2, 0.25) is 5.65 Å². The van der Waals surface area contributed by atoms with Crippen LogP contribution in [0.3, 0.4) is 0 Å². The first kappa shape index (κ1) is 8.37. The SMILES string of the molecule is C=C(CBr)c1cnc2n[nH]nc2c1. The molecule has 66 valence electrons. The molecule has 13 heavy (non-hydrogen) atoms. The zero-order valence-electron chi connectivity index (χ0n) is 6.79. The summed E-state index contributed by atoms with van der Waals surface area (Å²) in [5.41, 5.74) is 3.36. The quantitative estimate of drug-likeness (QED) is 0.812. The van der Waals surface area contributed by atoms with E-state index in [0.29, 0.717) is 5.65 Å². The van der Waals surface area contributed by atoms with Gasteiger partial charge in [0, 0.05) is 11.5 Å². The van der Waals surface area contributed by atoms with Crippen LogP contribution in [0.4, 0.5) is 0 Å². The van der Waals surface area contributed by atoms with E-state index in [1.807, 2.05) is 6.07 Å². The predicted molar refractivity (Wildman–Crippen MR) is 54.5 cm³/mol. The van der Waals surface area contributed by atoms with Gasteiger partial charge in [0.05, 0.1) is 0 Å². The number of nitrogens with one attached hydrogen (secondary N) is 1. The van der Waals surface area contributed by atoms with Gasteiger partial charge in [-0.3, -0.25) is 0 Å². The maximum Gasteiger partial charge on any atom is 0.201 e. The van der Waals surface area contributed by atoms with Crippen molar-refractivity contribution in [2.75, 3.05) is 5.33 Å². The number of halogens is 1. The third-order valence-corrected chi connectivity index (χ3v) is 2.42. The molecule has 0 unspecified atom stereocenters. The monoisotopic (exact) mass is 238 g/mol. The van der Waals surface area contributed by atoms with Crippen molar-refractivity contribution in [3.8, 4) is 0 Å². The number of fused-ring (bicyclic) bond motifs is 1. The van der Waals surface area contributed by atoms with E-state index in [1.54, 1.807) is 6.20 Å². The minimum atomic E-state index is 0.631. The summed E-state index contributed by atoms with van der Waals surface area (Å²) in [6.45, 7) is 3.89. The molecular weight excluding hydrogens is 232 g/mol. The summed E-state index contributed by atoms with van der Waals surface area (Å²) < 4.78 is 0. The zero-order valence-corrected chi connectivity index (χ0v) is 8.37. The Labute approximate surface area is 83.2 Å². The molecule has 4 nitrogen and oxygen atoms in total. The molecule has 0 spiro atoms. The van der Waals surface area contributed by atoms with Gasteiger partial charge in [0.25, 0.3) is 0 Å². The van der Waals surface area contributed by atoms with Crippen molar-refractivity contribution in [3.05, 3.63) is 24.4 Å². The largest absolute Gasteiger partial charge is 0.233 e. The van der Waals surface area contributed by atoms with Crippen molar-refractivity contribution in [3.63, 3.8) is 0 Å². The van der Waals surface area contributed by atoms with Crippen LogP contribution in [0.25, 0.3) is 16.7 Å². The van der Waals surface area contributed by atoms with Crippen LogP contribution in [0.15, 0.2) is 18.8 Å². The molecule has 2 rings (SSSR count). The molecule has 0 saturated heterocycles. The Kier molecular flexibility index (Phi) is 2.10. The van der Waals surface area contributed by atoms with Gasteiger partial charge in [-0.05, 0) is 17.2 Å². The van der Waals surface area contributed by atoms with Crippen molar-refractivity contribution >= 4 is 32.7 Å². The first-order chi connectivity index (χ1) is 6.31. The molecule has 2 aromatic heterocycles. The first-order valence-corrected chi connectivity index (χ1v) is 4.84. The Bertz CT molecular complexity index is 448. The number of hydrogen-bond donors (Lipinski definition) is 1. The number of rotatable bonds is 2. The summed E-state index contributed by atoms with van der Waals surface area (Å²) >= 11 is 3.34.